The Labute approximate surface area is 230 Å². The van der Waals surface area contributed by atoms with Crippen molar-refractivity contribution in [2.24, 2.45) is 0 Å². The predicted molar refractivity (Wildman–Crippen MR) is 152 cm³/mol. The molecule has 10 nitrogen and oxygen atoms in total. The van der Waals surface area contributed by atoms with Crippen molar-refractivity contribution in [3.63, 3.8) is 0 Å². The van der Waals surface area contributed by atoms with E-state index in [4.69, 9.17) is 15.2 Å². The third-order valence-electron chi connectivity index (χ3n) is 6.20. The second-order valence-electron chi connectivity index (χ2n) is 9.05. The lowest BCUT2D eigenvalue weighted by atomic mass is 10.1. The maximum atomic E-state index is 13.1. The standard InChI is InChI=1S/C30H30N4O6/c1-3-33(26-27(31)34(30(38)32-28(26)36)17-21-11-5-4-6-12-21)25(35)19-40-29(37)23-14-7-8-15-24(23)39-18-22-13-9-10-20(2)16-22/h4-16H,3,17-19,31H2,1-2H3,(H,32,36,38). The minimum absolute atomic E-state index is 0.0450. The van der Waals surface area contributed by atoms with E-state index in [0.29, 0.717) is 5.75 Å². The number of nitrogens with one attached hydrogen (secondary N) is 1. The molecule has 0 atom stereocenters. The van der Waals surface area contributed by atoms with Gasteiger partial charge < -0.3 is 20.1 Å². The number of aromatic amines is 1. The molecule has 3 aromatic carbocycles. The first-order valence-corrected chi connectivity index (χ1v) is 12.7. The highest BCUT2D eigenvalue weighted by atomic mass is 16.5. The maximum absolute atomic E-state index is 13.1. The molecule has 3 N–H and O–H groups in total. The van der Waals surface area contributed by atoms with Crippen molar-refractivity contribution >= 4 is 23.4 Å². The van der Waals surface area contributed by atoms with Gasteiger partial charge in [0.05, 0.1) is 6.54 Å². The van der Waals surface area contributed by atoms with Crippen molar-refractivity contribution in [1.82, 2.24) is 9.55 Å². The molecule has 0 spiro atoms. The van der Waals surface area contributed by atoms with E-state index < -0.39 is 29.7 Å². The zero-order valence-electron chi connectivity index (χ0n) is 22.3. The van der Waals surface area contributed by atoms with Crippen LogP contribution >= 0.6 is 0 Å². The number of para-hydroxylation sites is 1. The summed E-state index contributed by atoms with van der Waals surface area (Å²) < 4.78 is 12.3. The van der Waals surface area contributed by atoms with E-state index in [1.807, 2.05) is 49.4 Å². The number of benzene rings is 3. The third-order valence-corrected chi connectivity index (χ3v) is 6.20. The number of nitrogens with two attached hydrogens (primary N) is 1. The highest BCUT2D eigenvalue weighted by Crippen LogP contribution is 2.22. The number of carbonyl (C=O) groups is 2. The van der Waals surface area contributed by atoms with Crippen LogP contribution in [0.2, 0.25) is 0 Å². The van der Waals surface area contributed by atoms with Crippen LogP contribution < -0.4 is 26.6 Å². The Morgan fingerprint density at radius 2 is 1.65 bits per heavy atom. The Morgan fingerprint density at radius 1 is 0.950 bits per heavy atom. The Hall–Kier alpha value is -5.12. The van der Waals surface area contributed by atoms with Crippen LogP contribution in [0, 0.1) is 6.92 Å². The first-order valence-electron chi connectivity index (χ1n) is 12.7. The zero-order chi connectivity index (χ0) is 28.6. The summed E-state index contributed by atoms with van der Waals surface area (Å²) in [6.45, 7) is 3.34. The average molecular weight is 543 g/mol. The fourth-order valence-corrected chi connectivity index (χ4v) is 4.23. The summed E-state index contributed by atoms with van der Waals surface area (Å²) in [6.07, 6.45) is 0. The normalized spacial score (nSPS) is 10.7. The van der Waals surface area contributed by atoms with Crippen LogP contribution in [0.4, 0.5) is 11.5 Å². The van der Waals surface area contributed by atoms with Gasteiger partial charge in [-0.2, -0.15) is 0 Å². The minimum atomic E-state index is -0.816. The molecule has 0 radical (unpaired) electrons. The van der Waals surface area contributed by atoms with Gasteiger partial charge in [0, 0.05) is 6.54 Å². The summed E-state index contributed by atoms with van der Waals surface area (Å²) in [4.78, 5) is 54.6. The Morgan fingerprint density at radius 3 is 2.38 bits per heavy atom. The molecule has 1 heterocycles. The highest BCUT2D eigenvalue weighted by molar-refractivity contribution is 5.99. The molecule has 40 heavy (non-hydrogen) atoms. The van der Waals surface area contributed by atoms with Crippen LogP contribution in [0.15, 0.2) is 88.5 Å². The zero-order valence-corrected chi connectivity index (χ0v) is 22.3. The number of likely N-dealkylation sites (N-methyl/N-ethyl adjacent to an activating group) is 1. The molecule has 1 aromatic heterocycles. The molecule has 0 unspecified atom stereocenters. The number of ether oxygens (including phenoxy) is 2. The molecule has 206 valence electrons. The van der Waals surface area contributed by atoms with Crippen molar-refractivity contribution in [3.05, 3.63) is 122 Å². The minimum Gasteiger partial charge on any atom is -0.488 e. The first kappa shape index (κ1) is 27.9. The largest absolute Gasteiger partial charge is 0.488 e. The number of nitrogen functional groups attached to an aromatic ring is 1. The predicted octanol–water partition coefficient (Wildman–Crippen LogP) is 3.26. The number of hydrogen-bond donors (Lipinski definition) is 2. The van der Waals surface area contributed by atoms with Crippen LogP contribution in [0.3, 0.4) is 0 Å². The number of amides is 1. The smallest absolute Gasteiger partial charge is 0.342 e. The monoisotopic (exact) mass is 542 g/mol. The average Bonchev–Trinajstić information content (AvgIpc) is 2.95. The maximum Gasteiger partial charge on any atom is 0.342 e. The lowest BCUT2D eigenvalue weighted by Crippen LogP contribution is -2.42. The fourth-order valence-electron chi connectivity index (χ4n) is 4.23. The van der Waals surface area contributed by atoms with E-state index in [1.54, 1.807) is 37.3 Å². The summed E-state index contributed by atoms with van der Waals surface area (Å²) in [5.74, 6) is -1.31. The van der Waals surface area contributed by atoms with Gasteiger partial charge in [-0.25, -0.2) is 9.59 Å². The number of aryl methyl sites for hydroxylation is 1. The molecule has 0 saturated carbocycles. The third kappa shape index (κ3) is 6.47. The van der Waals surface area contributed by atoms with Crippen LogP contribution in [0.25, 0.3) is 0 Å². The van der Waals surface area contributed by atoms with E-state index in [-0.39, 0.29) is 36.8 Å². The molecular formula is C30H30N4O6. The van der Waals surface area contributed by atoms with Crippen LogP contribution in [-0.2, 0) is 22.7 Å². The lowest BCUT2D eigenvalue weighted by molar-refractivity contribution is -0.121. The van der Waals surface area contributed by atoms with E-state index in [1.165, 1.54) is 10.6 Å². The van der Waals surface area contributed by atoms with Crippen molar-refractivity contribution in [1.29, 1.82) is 0 Å². The summed E-state index contributed by atoms with van der Waals surface area (Å²) >= 11 is 0. The quantitative estimate of drug-likeness (QED) is 0.294. The second-order valence-corrected chi connectivity index (χ2v) is 9.05. The van der Waals surface area contributed by atoms with Crippen LogP contribution in [-0.4, -0.2) is 34.6 Å². The number of aromatic nitrogens is 2. The molecule has 1 amide bonds. The molecule has 10 heteroatoms. The molecular weight excluding hydrogens is 512 g/mol. The lowest BCUT2D eigenvalue weighted by Gasteiger charge is -2.23. The van der Waals surface area contributed by atoms with Crippen molar-refractivity contribution < 1.29 is 19.1 Å². The second kappa shape index (κ2) is 12.6. The van der Waals surface area contributed by atoms with Gasteiger partial charge >= 0.3 is 11.7 Å². The van der Waals surface area contributed by atoms with Gasteiger partial charge in [0.25, 0.3) is 11.5 Å². The van der Waals surface area contributed by atoms with Crippen molar-refractivity contribution in [2.75, 3.05) is 23.8 Å². The summed E-state index contributed by atoms with van der Waals surface area (Å²) in [5.41, 5.74) is 7.47. The molecule has 0 aliphatic heterocycles. The summed E-state index contributed by atoms with van der Waals surface area (Å²) in [6, 6.07) is 23.4. The van der Waals surface area contributed by atoms with Crippen LogP contribution in [0.5, 0.6) is 5.75 Å². The van der Waals surface area contributed by atoms with Crippen molar-refractivity contribution in [3.8, 4) is 5.75 Å². The Kier molecular flexibility index (Phi) is 8.80. The molecule has 0 aliphatic carbocycles. The molecule has 4 rings (SSSR count). The number of anilines is 2. The molecule has 0 aliphatic rings. The number of H-pyrrole nitrogens is 1. The van der Waals surface area contributed by atoms with Gasteiger partial charge in [-0.05, 0) is 37.1 Å². The molecule has 4 aromatic rings. The number of rotatable bonds is 10. The fraction of sp³-hybridized carbons (Fsp3) is 0.200. The van der Waals surface area contributed by atoms with E-state index >= 15 is 0 Å². The summed E-state index contributed by atoms with van der Waals surface area (Å²) in [7, 11) is 0. The SMILES string of the molecule is CCN(C(=O)COC(=O)c1ccccc1OCc1cccc(C)c1)c1c(N)n(Cc2ccccc2)c(=O)[nH]c1=O. The molecule has 0 saturated heterocycles. The van der Waals surface area contributed by atoms with Gasteiger partial charge in [-0.15, -0.1) is 0 Å². The number of nitrogens with zero attached hydrogens (tertiary/aromatic N) is 2. The number of hydrogen-bond acceptors (Lipinski definition) is 7. The highest BCUT2D eigenvalue weighted by Gasteiger charge is 2.25. The van der Waals surface area contributed by atoms with Gasteiger partial charge in [0.1, 0.15) is 23.7 Å². The molecule has 0 bridgehead atoms. The molecule has 0 fully saturated rings. The van der Waals surface area contributed by atoms with Crippen LogP contribution in [0.1, 0.15) is 34.0 Å². The first-order chi connectivity index (χ1) is 19.3. The van der Waals surface area contributed by atoms with E-state index in [0.717, 1.165) is 21.6 Å². The Balaban J connectivity index is 1.49. The van der Waals surface area contributed by atoms with Gasteiger partial charge in [-0.3, -0.25) is 19.1 Å². The number of esters is 1. The topological polar surface area (TPSA) is 137 Å². The van der Waals surface area contributed by atoms with E-state index in [2.05, 4.69) is 4.98 Å². The van der Waals surface area contributed by atoms with Crippen molar-refractivity contribution in [2.45, 2.75) is 27.0 Å². The summed E-state index contributed by atoms with van der Waals surface area (Å²) in [5, 5.41) is 0. The Bertz CT molecular complexity index is 1630. The van der Waals surface area contributed by atoms with Gasteiger partial charge in [0.15, 0.2) is 12.3 Å². The number of carbonyl (C=O) groups excluding carboxylic acids is 2. The van der Waals surface area contributed by atoms with Gasteiger partial charge in [-0.1, -0.05) is 72.3 Å². The van der Waals surface area contributed by atoms with Gasteiger partial charge in [0.2, 0.25) is 0 Å². The van der Waals surface area contributed by atoms with E-state index in [9.17, 15) is 19.2 Å².